The maximum Gasteiger partial charge on any atom is 0.225 e. The molecule has 1 amide bonds. The molecule has 132 valence electrons. The molecule has 0 radical (unpaired) electrons. The highest BCUT2D eigenvalue weighted by atomic mass is 79.9. The molecular weight excluding hydrogens is 392 g/mol. The van der Waals surface area contributed by atoms with Crippen molar-refractivity contribution in [2.75, 3.05) is 16.0 Å². The minimum atomic E-state index is -0.0248. The largest absolute Gasteiger partial charge is 0.340 e. The Bertz CT molecular complexity index is 899. The Hall–Kier alpha value is -2.73. The van der Waals surface area contributed by atoms with Gasteiger partial charge in [-0.1, -0.05) is 52.3 Å². The van der Waals surface area contributed by atoms with Gasteiger partial charge in [0, 0.05) is 34.8 Å². The Morgan fingerprint density at radius 2 is 1.77 bits per heavy atom. The summed E-state index contributed by atoms with van der Waals surface area (Å²) in [7, 11) is 0. The van der Waals surface area contributed by atoms with E-state index in [1.54, 1.807) is 0 Å². The molecule has 0 aliphatic rings. The Balaban J connectivity index is 1.81. The fraction of sp³-hybridized carbons (Fsp3) is 0.150. The highest BCUT2D eigenvalue weighted by Gasteiger charge is 2.06. The average Bonchev–Trinajstić information content (AvgIpc) is 2.62. The summed E-state index contributed by atoms with van der Waals surface area (Å²) >= 11 is 3.27. The average molecular weight is 411 g/mol. The molecule has 3 aromatic rings. The summed E-state index contributed by atoms with van der Waals surface area (Å²) in [5, 5.41) is 6.80. The van der Waals surface area contributed by atoms with Gasteiger partial charge in [-0.25, -0.2) is 9.97 Å². The maximum absolute atomic E-state index is 11.7. The van der Waals surface area contributed by atoms with Gasteiger partial charge in [-0.15, -0.1) is 0 Å². The van der Waals surface area contributed by atoms with Crippen LogP contribution in [0.4, 0.5) is 17.2 Å². The van der Waals surface area contributed by atoms with Crippen molar-refractivity contribution in [2.24, 2.45) is 0 Å². The molecule has 2 N–H and O–H groups in total. The summed E-state index contributed by atoms with van der Waals surface area (Å²) in [6.45, 7) is 1.87. The fourth-order valence-electron chi connectivity index (χ4n) is 2.52. The van der Waals surface area contributed by atoms with Crippen LogP contribution in [0.3, 0.4) is 0 Å². The number of hydrogen-bond donors (Lipinski definition) is 2. The minimum Gasteiger partial charge on any atom is -0.340 e. The van der Waals surface area contributed by atoms with Crippen LogP contribution in [0.15, 0.2) is 60.7 Å². The number of aryl methyl sites for hydroxylation is 1. The molecule has 0 saturated carbocycles. The smallest absolute Gasteiger partial charge is 0.225 e. The van der Waals surface area contributed by atoms with Gasteiger partial charge in [0.1, 0.15) is 11.6 Å². The van der Waals surface area contributed by atoms with Gasteiger partial charge in [-0.05, 0) is 25.1 Å². The SMILES string of the molecule is Cc1nc(Nc2cccc(NC(=O)CCBr)c2)cc(-c2ccccc2)n1. The van der Waals surface area contributed by atoms with Crippen molar-refractivity contribution in [3.8, 4) is 11.3 Å². The van der Waals surface area contributed by atoms with Crippen LogP contribution in [0.1, 0.15) is 12.2 Å². The van der Waals surface area contributed by atoms with Crippen LogP contribution < -0.4 is 10.6 Å². The van der Waals surface area contributed by atoms with E-state index in [2.05, 4.69) is 36.5 Å². The standard InChI is InChI=1S/C20H19BrN4O/c1-14-22-18(15-6-3-2-4-7-15)13-19(23-14)24-16-8-5-9-17(12-16)25-20(26)10-11-21/h2-9,12-13H,10-11H2,1H3,(H,25,26)(H,22,23,24). The molecule has 5 nitrogen and oxygen atoms in total. The van der Waals surface area contributed by atoms with Gasteiger partial charge in [0.2, 0.25) is 5.91 Å². The summed E-state index contributed by atoms with van der Waals surface area (Å²) in [5.41, 5.74) is 3.49. The summed E-state index contributed by atoms with van der Waals surface area (Å²) in [5.74, 6) is 1.37. The van der Waals surface area contributed by atoms with Crippen LogP contribution in [-0.2, 0) is 4.79 Å². The second-order valence-corrected chi connectivity index (χ2v) is 6.54. The summed E-state index contributed by atoms with van der Waals surface area (Å²) < 4.78 is 0. The van der Waals surface area contributed by atoms with E-state index in [0.29, 0.717) is 23.4 Å². The van der Waals surface area contributed by atoms with Crippen LogP contribution in [-0.4, -0.2) is 21.2 Å². The van der Waals surface area contributed by atoms with Crippen molar-refractivity contribution in [1.82, 2.24) is 9.97 Å². The van der Waals surface area contributed by atoms with Crippen molar-refractivity contribution in [2.45, 2.75) is 13.3 Å². The molecule has 0 unspecified atom stereocenters. The third-order valence-corrected chi connectivity index (χ3v) is 4.04. The van der Waals surface area contributed by atoms with Crippen LogP contribution in [0.2, 0.25) is 0 Å². The number of nitrogens with one attached hydrogen (secondary N) is 2. The van der Waals surface area contributed by atoms with E-state index in [9.17, 15) is 4.79 Å². The lowest BCUT2D eigenvalue weighted by molar-refractivity contribution is -0.115. The van der Waals surface area contributed by atoms with Crippen LogP contribution in [0.25, 0.3) is 11.3 Å². The molecule has 0 aliphatic carbocycles. The normalized spacial score (nSPS) is 10.4. The van der Waals surface area contributed by atoms with Crippen molar-refractivity contribution >= 4 is 39.0 Å². The number of anilines is 3. The van der Waals surface area contributed by atoms with Gasteiger partial charge in [0.15, 0.2) is 0 Å². The fourth-order valence-corrected chi connectivity index (χ4v) is 2.88. The monoisotopic (exact) mass is 410 g/mol. The van der Waals surface area contributed by atoms with E-state index in [0.717, 1.165) is 22.6 Å². The lowest BCUT2D eigenvalue weighted by Crippen LogP contribution is -2.11. The first-order valence-corrected chi connectivity index (χ1v) is 9.40. The number of carbonyl (C=O) groups excluding carboxylic acids is 1. The van der Waals surface area contributed by atoms with Crippen molar-refractivity contribution < 1.29 is 4.79 Å². The summed E-state index contributed by atoms with van der Waals surface area (Å²) in [6.07, 6.45) is 0.434. The maximum atomic E-state index is 11.7. The third kappa shape index (κ3) is 4.89. The first-order valence-electron chi connectivity index (χ1n) is 8.28. The molecule has 0 aliphatic heterocycles. The van der Waals surface area contributed by atoms with Crippen molar-refractivity contribution in [3.63, 3.8) is 0 Å². The predicted octanol–water partition coefficient (Wildman–Crippen LogP) is 4.92. The van der Waals surface area contributed by atoms with Gasteiger partial charge >= 0.3 is 0 Å². The van der Waals surface area contributed by atoms with Crippen LogP contribution >= 0.6 is 15.9 Å². The molecule has 0 bridgehead atoms. The Labute approximate surface area is 161 Å². The van der Waals surface area contributed by atoms with E-state index in [-0.39, 0.29) is 5.91 Å². The first-order chi connectivity index (χ1) is 12.6. The highest BCUT2D eigenvalue weighted by molar-refractivity contribution is 9.09. The lowest BCUT2D eigenvalue weighted by Gasteiger charge is -2.11. The number of halogens is 1. The predicted molar refractivity (Wildman–Crippen MR) is 109 cm³/mol. The van der Waals surface area contributed by atoms with Gasteiger partial charge in [0.25, 0.3) is 0 Å². The van der Waals surface area contributed by atoms with Crippen LogP contribution in [0.5, 0.6) is 0 Å². The van der Waals surface area contributed by atoms with Gasteiger partial charge in [0.05, 0.1) is 5.69 Å². The van der Waals surface area contributed by atoms with E-state index < -0.39 is 0 Å². The van der Waals surface area contributed by atoms with E-state index in [4.69, 9.17) is 0 Å². The summed E-state index contributed by atoms with van der Waals surface area (Å²) in [6, 6.07) is 19.5. The zero-order chi connectivity index (χ0) is 18.4. The topological polar surface area (TPSA) is 66.9 Å². The third-order valence-electron chi connectivity index (χ3n) is 3.65. The number of carbonyl (C=O) groups is 1. The highest BCUT2D eigenvalue weighted by Crippen LogP contribution is 2.23. The van der Waals surface area contributed by atoms with E-state index in [1.165, 1.54) is 0 Å². The number of benzene rings is 2. The van der Waals surface area contributed by atoms with E-state index >= 15 is 0 Å². The molecule has 26 heavy (non-hydrogen) atoms. The lowest BCUT2D eigenvalue weighted by atomic mass is 10.1. The molecule has 0 atom stereocenters. The number of alkyl halides is 1. The Morgan fingerprint density at radius 1 is 1.00 bits per heavy atom. The second-order valence-electron chi connectivity index (χ2n) is 5.74. The number of hydrogen-bond acceptors (Lipinski definition) is 4. The minimum absolute atomic E-state index is 0.0248. The Kier molecular flexibility index (Phi) is 5.96. The molecule has 1 heterocycles. The Morgan fingerprint density at radius 3 is 2.54 bits per heavy atom. The molecule has 3 rings (SSSR count). The van der Waals surface area contributed by atoms with Crippen molar-refractivity contribution in [1.29, 1.82) is 0 Å². The summed E-state index contributed by atoms with van der Waals surface area (Å²) in [4.78, 5) is 20.7. The number of amides is 1. The van der Waals surface area contributed by atoms with Crippen LogP contribution in [0, 0.1) is 6.92 Å². The number of rotatable bonds is 6. The van der Waals surface area contributed by atoms with Gasteiger partial charge in [-0.2, -0.15) is 0 Å². The number of nitrogens with zero attached hydrogens (tertiary/aromatic N) is 2. The molecule has 0 saturated heterocycles. The molecule has 2 aromatic carbocycles. The number of aromatic nitrogens is 2. The first kappa shape index (κ1) is 18.1. The second kappa shape index (κ2) is 8.58. The van der Waals surface area contributed by atoms with Gasteiger partial charge in [-0.3, -0.25) is 4.79 Å². The molecular formula is C20H19BrN4O. The molecule has 0 fully saturated rings. The molecule has 1 aromatic heterocycles. The van der Waals surface area contributed by atoms with E-state index in [1.807, 2.05) is 67.6 Å². The zero-order valence-corrected chi connectivity index (χ0v) is 16.0. The van der Waals surface area contributed by atoms with Gasteiger partial charge < -0.3 is 10.6 Å². The van der Waals surface area contributed by atoms with Crippen molar-refractivity contribution in [3.05, 3.63) is 66.5 Å². The molecule has 6 heteroatoms. The molecule has 0 spiro atoms. The quantitative estimate of drug-likeness (QED) is 0.565. The zero-order valence-electron chi connectivity index (χ0n) is 14.4.